The zero-order valence-electron chi connectivity index (χ0n) is 14.7. The highest BCUT2D eigenvalue weighted by atomic mass is 16.3. The summed E-state index contributed by atoms with van der Waals surface area (Å²) in [6, 6.07) is 8.59. The second-order valence-electron chi connectivity index (χ2n) is 6.92. The number of likely N-dealkylation sites (tertiary alicyclic amines) is 1. The number of amides is 1. The largest absolute Gasteiger partial charge is 0.394 e. The molecule has 4 unspecified atom stereocenters. The van der Waals surface area contributed by atoms with Crippen LogP contribution in [0.5, 0.6) is 0 Å². The van der Waals surface area contributed by atoms with Gasteiger partial charge in [0.05, 0.1) is 18.7 Å². The average molecular weight is 318 g/mol. The first kappa shape index (κ1) is 18.0. The Balaban J connectivity index is 1.98. The molecular formula is C19H30N2O2. The van der Waals surface area contributed by atoms with Gasteiger partial charge in [-0.25, -0.2) is 0 Å². The molecule has 4 heteroatoms. The first-order valence-corrected chi connectivity index (χ1v) is 8.67. The van der Waals surface area contributed by atoms with Crippen LogP contribution >= 0.6 is 0 Å². The van der Waals surface area contributed by atoms with Gasteiger partial charge < -0.3 is 10.4 Å². The van der Waals surface area contributed by atoms with Crippen molar-refractivity contribution < 1.29 is 9.90 Å². The number of aliphatic hydroxyl groups excluding tert-OH is 1. The van der Waals surface area contributed by atoms with Crippen molar-refractivity contribution in [2.45, 2.75) is 71.1 Å². The lowest BCUT2D eigenvalue weighted by Gasteiger charge is -2.32. The van der Waals surface area contributed by atoms with Crippen LogP contribution in [0.3, 0.4) is 0 Å². The number of rotatable bonds is 6. The van der Waals surface area contributed by atoms with E-state index in [-0.39, 0.29) is 24.6 Å². The molecule has 4 atom stereocenters. The molecule has 1 aliphatic rings. The van der Waals surface area contributed by atoms with Crippen molar-refractivity contribution in [3.63, 3.8) is 0 Å². The van der Waals surface area contributed by atoms with E-state index in [1.807, 2.05) is 19.1 Å². The molecule has 1 amide bonds. The van der Waals surface area contributed by atoms with Crippen LogP contribution in [0.2, 0.25) is 0 Å². The third kappa shape index (κ3) is 4.33. The number of aryl methyl sites for hydroxylation is 1. The Morgan fingerprint density at radius 3 is 2.48 bits per heavy atom. The standard InChI is InChI=1S/C19H30N2O2/c1-13-7-5-6-8-17(13)11-18(12-22)20-19(23)16(4)21-14(2)9-10-15(21)3/h5-8,14-16,18,22H,9-12H2,1-4H3,(H,20,23). The second-order valence-corrected chi connectivity index (χ2v) is 6.92. The van der Waals surface area contributed by atoms with Crippen molar-refractivity contribution >= 4 is 5.91 Å². The maximum Gasteiger partial charge on any atom is 0.237 e. The highest BCUT2D eigenvalue weighted by molar-refractivity contribution is 5.81. The highest BCUT2D eigenvalue weighted by Gasteiger charge is 2.34. The zero-order valence-corrected chi connectivity index (χ0v) is 14.7. The van der Waals surface area contributed by atoms with Crippen LogP contribution < -0.4 is 5.32 Å². The molecule has 128 valence electrons. The topological polar surface area (TPSA) is 52.6 Å². The van der Waals surface area contributed by atoms with Gasteiger partial charge in [0.15, 0.2) is 0 Å². The molecule has 1 aliphatic heterocycles. The quantitative estimate of drug-likeness (QED) is 0.846. The fraction of sp³-hybridized carbons (Fsp3) is 0.632. The van der Waals surface area contributed by atoms with Crippen LogP contribution in [0.1, 0.15) is 44.7 Å². The summed E-state index contributed by atoms with van der Waals surface area (Å²) in [6.07, 6.45) is 2.95. The van der Waals surface area contributed by atoms with E-state index in [1.54, 1.807) is 0 Å². The molecule has 4 nitrogen and oxygen atoms in total. The highest BCUT2D eigenvalue weighted by Crippen LogP contribution is 2.26. The van der Waals surface area contributed by atoms with Gasteiger partial charge >= 0.3 is 0 Å². The molecule has 0 saturated carbocycles. The lowest BCUT2D eigenvalue weighted by atomic mass is 10.0. The summed E-state index contributed by atoms with van der Waals surface area (Å²) in [5.74, 6) is 0.0123. The van der Waals surface area contributed by atoms with Crippen molar-refractivity contribution in [3.8, 4) is 0 Å². The van der Waals surface area contributed by atoms with Gasteiger partial charge in [-0.05, 0) is 58.1 Å². The van der Waals surface area contributed by atoms with E-state index in [9.17, 15) is 9.90 Å². The monoisotopic (exact) mass is 318 g/mol. The molecular weight excluding hydrogens is 288 g/mol. The van der Waals surface area contributed by atoms with Gasteiger partial charge in [-0.1, -0.05) is 24.3 Å². The van der Waals surface area contributed by atoms with Gasteiger partial charge in [0, 0.05) is 12.1 Å². The Labute approximate surface area is 139 Å². The van der Waals surface area contributed by atoms with Crippen molar-refractivity contribution in [2.75, 3.05) is 6.61 Å². The van der Waals surface area contributed by atoms with Crippen LogP contribution in [0.15, 0.2) is 24.3 Å². The fourth-order valence-electron chi connectivity index (χ4n) is 3.70. The summed E-state index contributed by atoms with van der Waals surface area (Å²) >= 11 is 0. The minimum atomic E-state index is -0.237. The molecule has 23 heavy (non-hydrogen) atoms. The molecule has 1 aromatic carbocycles. The van der Waals surface area contributed by atoms with Crippen molar-refractivity contribution in [3.05, 3.63) is 35.4 Å². The number of carbonyl (C=O) groups is 1. The van der Waals surface area contributed by atoms with Crippen LogP contribution in [0.4, 0.5) is 0 Å². The number of hydrogen-bond acceptors (Lipinski definition) is 3. The molecule has 1 aromatic rings. The third-order valence-corrected chi connectivity index (χ3v) is 5.14. The number of aliphatic hydroxyl groups is 1. The summed E-state index contributed by atoms with van der Waals surface area (Å²) < 4.78 is 0. The molecule has 1 saturated heterocycles. The molecule has 2 rings (SSSR count). The van der Waals surface area contributed by atoms with E-state index in [4.69, 9.17) is 0 Å². The van der Waals surface area contributed by atoms with E-state index in [0.29, 0.717) is 18.5 Å². The van der Waals surface area contributed by atoms with Gasteiger partial charge in [0.25, 0.3) is 0 Å². The number of benzene rings is 1. The predicted octanol–water partition coefficient (Wildman–Crippen LogP) is 2.28. The molecule has 0 spiro atoms. The molecule has 0 bridgehead atoms. The smallest absolute Gasteiger partial charge is 0.237 e. The Kier molecular flexibility index (Phi) is 6.19. The van der Waals surface area contributed by atoms with E-state index in [2.05, 4.69) is 43.1 Å². The Bertz CT molecular complexity index is 522. The number of nitrogens with one attached hydrogen (secondary N) is 1. The molecule has 0 aromatic heterocycles. The predicted molar refractivity (Wildman–Crippen MR) is 93.4 cm³/mol. The SMILES string of the molecule is Cc1ccccc1CC(CO)NC(=O)C(C)N1C(C)CCC1C. The Morgan fingerprint density at radius 2 is 1.91 bits per heavy atom. The molecule has 2 N–H and O–H groups in total. The number of hydrogen-bond donors (Lipinski definition) is 2. The minimum absolute atomic E-state index is 0.0123. The summed E-state index contributed by atoms with van der Waals surface area (Å²) in [5, 5.41) is 12.7. The fourth-order valence-corrected chi connectivity index (χ4v) is 3.70. The van der Waals surface area contributed by atoms with Crippen LogP contribution in [-0.4, -0.2) is 46.7 Å². The van der Waals surface area contributed by atoms with Gasteiger partial charge in [-0.15, -0.1) is 0 Å². The Hall–Kier alpha value is -1.39. The normalized spacial score (nSPS) is 24.4. The van der Waals surface area contributed by atoms with Gasteiger partial charge in [-0.2, -0.15) is 0 Å². The van der Waals surface area contributed by atoms with E-state index in [0.717, 1.165) is 12.8 Å². The summed E-state index contributed by atoms with van der Waals surface area (Å²) in [7, 11) is 0. The lowest BCUT2D eigenvalue weighted by Crippen LogP contribution is -2.52. The first-order valence-electron chi connectivity index (χ1n) is 8.67. The number of carbonyl (C=O) groups excluding carboxylic acids is 1. The zero-order chi connectivity index (χ0) is 17.0. The average Bonchev–Trinajstić information content (AvgIpc) is 2.86. The van der Waals surface area contributed by atoms with Crippen LogP contribution in [0.25, 0.3) is 0 Å². The lowest BCUT2D eigenvalue weighted by molar-refractivity contribution is -0.127. The van der Waals surface area contributed by atoms with E-state index in [1.165, 1.54) is 11.1 Å². The minimum Gasteiger partial charge on any atom is -0.394 e. The summed E-state index contributed by atoms with van der Waals surface area (Å²) in [4.78, 5) is 14.9. The summed E-state index contributed by atoms with van der Waals surface area (Å²) in [5.41, 5.74) is 2.36. The van der Waals surface area contributed by atoms with Gasteiger partial charge in [0.1, 0.15) is 0 Å². The maximum absolute atomic E-state index is 12.6. The maximum atomic E-state index is 12.6. The number of nitrogens with zero attached hydrogens (tertiary/aromatic N) is 1. The van der Waals surface area contributed by atoms with E-state index >= 15 is 0 Å². The third-order valence-electron chi connectivity index (χ3n) is 5.14. The van der Waals surface area contributed by atoms with Crippen molar-refractivity contribution in [1.82, 2.24) is 10.2 Å². The van der Waals surface area contributed by atoms with Crippen LogP contribution in [-0.2, 0) is 11.2 Å². The van der Waals surface area contributed by atoms with Gasteiger partial charge in [-0.3, -0.25) is 9.69 Å². The Morgan fingerprint density at radius 1 is 1.30 bits per heavy atom. The van der Waals surface area contributed by atoms with Gasteiger partial charge in [0.2, 0.25) is 5.91 Å². The van der Waals surface area contributed by atoms with Crippen molar-refractivity contribution in [2.24, 2.45) is 0 Å². The molecule has 0 aliphatic carbocycles. The first-order chi connectivity index (χ1) is 10.9. The molecule has 0 radical (unpaired) electrons. The van der Waals surface area contributed by atoms with Crippen molar-refractivity contribution in [1.29, 1.82) is 0 Å². The molecule has 1 fully saturated rings. The second kappa shape index (κ2) is 7.93. The van der Waals surface area contributed by atoms with Crippen LogP contribution in [0, 0.1) is 6.92 Å². The summed E-state index contributed by atoms with van der Waals surface area (Å²) in [6.45, 7) is 8.35. The van der Waals surface area contributed by atoms with E-state index < -0.39 is 0 Å². The molecule has 1 heterocycles.